The second-order valence-electron chi connectivity index (χ2n) is 4.17. The standard InChI is InChI=1S/C13H15F2N3/c1-8-17-13(12(7-16-2)18(8)3)10-5-4-9(14)6-11(10)15/h4-6,16H,7H2,1-3H3. The Morgan fingerprint density at radius 2 is 2.06 bits per heavy atom. The first-order chi connectivity index (χ1) is 8.54. The lowest BCUT2D eigenvalue weighted by Gasteiger charge is -2.06. The van der Waals surface area contributed by atoms with Gasteiger partial charge in [0.1, 0.15) is 17.5 Å². The third-order valence-corrected chi connectivity index (χ3v) is 2.97. The normalized spacial score (nSPS) is 10.9. The maximum Gasteiger partial charge on any atom is 0.135 e. The second kappa shape index (κ2) is 4.86. The molecule has 0 amide bonds. The number of rotatable bonds is 3. The fourth-order valence-electron chi connectivity index (χ4n) is 1.92. The van der Waals surface area contributed by atoms with Crippen LogP contribution in [0.3, 0.4) is 0 Å². The zero-order valence-electron chi connectivity index (χ0n) is 10.6. The number of aromatic nitrogens is 2. The monoisotopic (exact) mass is 251 g/mol. The summed E-state index contributed by atoms with van der Waals surface area (Å²) in [6.45, 7) is 2.42. The van der Waals surface area contributed by atoms with E-state index in [1.807, 2.05) is 25.6 Å². The van der Waals surface area contributed by atoms with Crippen LogP contribution < -0.4 is 5.32 Å². The van der Waals surface area contributed by atoms with Crippen LogP contribution in [0.25, 0.3) is 11.3 Å². The SMILES string of the molecule is CNCc1c(-c2ccc(F)cc2F)nc(C)n1C. The molecular weight excluding hydrogens is 236 g/mol. The zero-order chi connectivity index (χ0) is 13.3. The van der Waals surface area contributed by atoms with E-state index in [4.69, 9.17) is 0 Å². The van der Waals surface area contributed by atoms with Gasteiger partial charge in [0.15, 0.2) is 0 Å². The molecule has 0 spiro atoms. The Balaban J connectivity index is 2.59. The minimum atomic E-state index is -0.592. The molecule has 0 aliphatic rings. The molecule has 1 aromatic heterocycles. The average Bonchev–Trinajstić information content (AvgIpc) is 2.58. The molecule has 1 N–H and O–H groups in total. The Bertz CT molecular complexity index is 576. The maximum absolute atomic E-state index is 13.8. The Morgan fingerprint density at radius 3 is 2.67 bits per heavy atom. The quantitative estimate of drug-likeness (QED) is 0.907. The average molecular weight is 251 g/mol. The summed E-state index contributed by atoms with van der Waals surface area (Å²) < 4.78 is 28.6. The summed E-state index contributed by atoms with van der Waals surface area (Å²) in [6.07, 6.45) is 0. The highest BCUT2D eigenvalue weighted by atomic mass is 19.1. The third kappa shape index (κ3) is 2.13. The number of imidazole rings is 1. The summed E-state index contributed by atoms with van der Waals surface area (Å²) in [7, 11) is 3.69. The predicted molar refractivity (Wildman–Crippen MR) is 66.1 cm³/mol. The third-order valence-electron chi connectivity index (χ3n) is 2.97. The Morgan fingerprint density at radius 1 is 1.33 bits per heavy atom. The summed E-state index contributed by atoms with van der Waals surface area (Å²) in [4.78, 5) is 4.35. The number of benzene rings is 1. The topological polar surface area (TPSA) is 29.9 Å². The highest BCUT2D eigenvalue weighted by Gasteiger charge is 2.16. The number of halogens is 2. The van der Waals surface area contributed by atoms with E-state index in [1.54, 1.807) is 0 Å². The van der Waals surface area contributed by atoms with Gasteiger partial charge in [-0.15, -0.1) is 0 Å². The molecule has 96 valence electrons. The molecule has 5 heteroatoms. The fraction of sp³-hybridized carbons (Fsp3) is 0.308. The molecule has 0 atom stereocenters. The van der Waals surface area contributed by atoms with Gasteiger partial charge in [-0.2, -0.15) is 0 Å². The molecule has 18 heavy (non-hydrogen) atoms. The van der Waals surface area contributed by atoms with E-state index in [1.165, 1.54) is 12.1 Å². The molecule has 0 saturated carbocycles. The van der Waals surface area contributed by atoms with E-state index >= 15 is 0 Å². The minimum absolute atomic E-state index is 0.324. The first kappa shape index (κ1) is 12.7. The van der Waals surface area contributed by atoms with Crippen LogP contribution in [0.15, 0.2) is 18.2 Å². The van der Waals surface area contributed by atoms with Crippen LogP contribution in [0.1, 0.15) is 11.5 Å². The Kier molecular flexibility index (Phi) is 3.43. The predicted octanol–water partition coefficient (Wildman–Crippen LogP) is 2.39. The van der Waals surface area contributed by atoms with Crippen molar-refractivity contribution in [2.75, 3.05) is 7.05 Å². The minimum Gasteiger partial charge on any atom is -0.334 e. The Labute approximate surface area is 104 Å². The molecule has 2 aromatic rings. The van der Waals surface area contributed by atoms with Crippen molar-refractivity contribution < 1.29 is 8.78 Å². The van der Waals surface area contributed by atoms with Gasteiger partial charge >= 0.3 is 0 Å². The van der Waals surface area contributed by atoms with Crippen LogP contribution in [-0.4, -0.2) is 16.6 Å². The van der Waals surface area contributed by atoms with Crippen molar-refractivity contribution in [3.63, 3.8) is 0 Å². The lowest BCUT2D eigenvalue weighted by atomic mass is 10.1. The van der Waals surface area contributed by atoms with Gasteiger partial charge in [0, 0.05) is 25.2 Å². The van der Waals surface area contributed by atoms with Gasteiger partial charge in [-0.25, -0.2) is 13.8 Å². The zero-order valence-corrected chi connectivity index (χ0v) is 10.6. The van der Waals surface area contributed by atoms with Gasteiger partial charge in [-0.1, -0.05) is 0 Å². The number of nitrogens with one attached hydrogen (secondary N) is 1. The van der Waals surface area contributed by atoms with Crippen molar-refractivity contribution in [2.45, 2.75) is 13.5 Å². The molecule has 0 aliphatic carbocycles. The van der Waals surface area contributed by atoms with Crippen molar-refractivity contribution in [3.05, 3.63) is 41.4 Å². The van der Waals surface area contributed by atoms with Crippen LogP contribution in [-0.2, 0) is 13.6 Å². The molecule has 3 nitrogen and oxygen atoms in total. The van der Waals surface area contributed by atoms with Crippen molar-refractivity contribution in [1.29, 1.82) is 0 Å². The summed E-state index contributed by atoms with van der Waals surface area (Å²) in [5.74, 6) is -0.386. The van der Waals surface area contributed by atoms with E-state index < -0.39 is 11.6 Å². The molecule has 1 aromatic carbocycles. The second-order valence-corrected chi connectivity index (χ2v) is 4.17. The number of nitrogens with zero attached hydrogens (tertiary/aromatic N) is 2. The first-order valence-electron chi connectivity index (χ1n) is 5.66. The highest BCUT2D eigenvalue weighted by Crippen LogP contribution is 2.26. The summed E-state index contributed by atoms with van der Waals surface area (Å²) >= 11 is 0. The van der Waals surface area contributed by atoms with E-state index in [-0.39, 0.29) is 0 Å². The van der Waals surface area contributed by atoms with E-state index in [0.717, 1.165) is 17.6 Å². The molecule has 0 radical (unpaired) electrons. The summed E-state index contributed by atoms with van der Waals surface area (Å²) in [5.41, 5.74) is 1.76. The number of hydrogen-bond donors (Lipinski definition) is 1. The van der Waals surface area contributed by atoms with Crippen LogP contribution >= 0.6 is 0 Å². The highest BCUT2D eigenvalue weighted by molar-refractivity contribution is 5.63. The van der Waals surface area contributed by atoms with Crippen LogP contribution in [0, 0.1) is 18.6 Å². The smallest absolute Gasteiger partial charge is 0.135 e. The first-order valence-corrected chi connectivity index (χ1v) is 5.66. The lowest BCUT2D eigenvalue weighted by Crippen LogP contribution is -2.10. The van der Waals surface area contributed by atoms with Crippen LogP contribution in [0.2, 0.25) is 0 Å². The molecule has 2 rings (SSSR count). The van der Waals surface area contributed by atoms with E-state index in [0.29, 0.717) is 17.8 Å². The van der Waals surface area contributed by atoms with Gasteiger partial charge in [-0.3, -0.25) is 0 Å². The van der Waals surface area contributed by atoms with Crippen molar-refractivity contribution in [2.24, 2.45) is 7.05 Å². The van der Waals surface area contributed by atoms with Gasteiger partial charge in [0.2, 0.25) is 0 Å². The summed E-state index contributed by atoms with van der Waals surface area (Å²) in [6, 6.07) is 3.54. The van der Waals surface area contributed by atoms with E-state index in [2.05, 4.69) is 10.3 Å². The van der Waals surface area contributed by atoms with Gasteiger partial charge in [0.25, 0.3) is 0 Å². The summed E-state index contributed by atoms with van der Waals surface area (Å²) in [5, 5.41) is 3.02. The van der Waals surface area contributed by atoms with Crippen LogP contribution in [0.5, 0.6) is 0 Å². The number of aryl methyl sites for hydroxylation is 1. The Hall–Kier alpha value is -1.75. The van der Waals surface area contributed by atoms with E-state index in [9.17, 15) is 8.78 Å². The molecule has 0 saturated heterocycles. The largest absolute Gasteiger partial charge is 0.334 e. The molecule has 0 fully saturated rings. The van der Waals surface area contributed by atoms with Crippen LogP contribution in [0.4, 0.5) is 8.78 Å². The van der Waals surface area contributed by atoms with Gasteiger partial charge < -0.3 is 9.88 Å². The molecular formula is C13H15F2N3. The van der Waals surface area contributed by atoms with Gasteiger partial charge in [-0.05, 0) is 26.1 Å². The molecule has 0 unspecified atom stereocenters. The molecule has 0 aliphatic heterocycles. The maximum atomic E-state index is 13.8. The molecule has 0 bridgehead atoms. The lowest BCUT2D eigenvalue weighted by molar-refractivity contribution is 0.585. The van der Waals surface area contributed by atoms with Gasteiger partial charge in [0.05, 0.1) is 11.4 Å². The fourth-order valence-corrected chi connectivity index (χ4v) is 1.92. The van der Waals surface area contributed by atoms with Crippen molar-refractivity contribution in [1.82, 2.24) is 14.9 Å². The van der Waals surface area contributed by atoms with Crippen molar-refractivity contribution in [3.8, 4) is 11.3 Å². The number of hydrogen-bond acceptors (Lipinski definition) is 2. The van der Waals surface area contributed by atoms with Crippen molar-refractivity contribution >= 4 is 0 Å². The molecule has 1 heterocycles.